The van der Waals surface area contributed by atoms with Crippen LogP contribution in [0.2, 0.25) is 0 Å². The average molecular weight is 234 g/mol. The van der Waals surface area contributed by atoms with Crippen molar-refractivity contribution >= 4 is 0 Å². The molecule has 0 spiro atoms. The van der Waals surface area contributed by atoms with Gasteiger partial charge in [-0.2, -0.15) is 0 Å². The molecule has 0 aromatic heterocycles. The Balaban J connectivity index is 1.61. The van der Waals surface area contributed by atoms with Crippen LogP contribution in [0.15, 0.2) is 24.3 Å². The molecule has 3 rings (SSSR count). The van der Waals surface area contributed by atoms with Crippen LogP contribution in [0.3, 0.4) is 0 Å². The Kier molecular flexibility index (Phi) is 3.04. The molecule has 3 heteroatoms. The van der Waals surface area contributed by atoms with E-state index in [1.165, 1.54) is 5.56 Å². The average Bonchev–Trinajstić information content (AvgIpc) is 2.74. The number of fused-ring (bicyclic) bond motifs is 1. The van der Waals surface area contributed by atoms with Crippen LogP contribution in [0.5, 0.6) is 5.75 Å². The second-order valence-corrected chi connectivity index (χ2v) is 4.98. The highest BCUT2D eigenvalue weighted by Crippen LogP contribution is 2.32. The summed E-state index contributed by atoms with van der Waals surface area (Å²) >= 11 is 0. The van der Waals surface area contributed by atoms with Crippen molar-refractivity contribution in [3.63, 3.8) is 0 Å². The number of para-hydroxylation sites is 1. The van der Waals surface area contributed by atoms with Gasteiger partial charge in [0.15, 0.2) is 0 Å². The first-order valence-corrected chi connectivity index (χ1v) is 6.33. The molecule has 3 nitrogen and oxygen atoms in total. The Labute approximate surface area is 101 Å². The smallest absolute Gasteiger partial charge is 0.123 e. The lowest BCUT2D eigenvalue weighted by atomic mass is 9.91. The predicted molar refractivity (Wildman–Crippen MR) is 64.1 cm³/mol. The van der Waals surface area contributed by atoms with Crippen molar-refractivity contribution < 1.29 is 14.6 Å². The van der Waals surface area contributed by atoms with Gasteiger partial charge in [0.1, 0.15) is 11.9 Å². The van der Waals surface area contributed by atoms with Gasteiger partial charge in [0, 0.05) is 18.9 Å². The van der Waals surface area contributed by atoms with Crippen LogP contribution in [-0.4, -0.2) is 30.5 Å². The van der Waals surface area contributed by atoms with E-state index in [-0.39, 0.29) is 18.1 Å². The topological polar surface area (TPSA) is 38.7 Å². The molecule has 2 aliphatic heterocycles. The van der Waals surface area contributed by atoms with Gasteiger partial charge in [-0.15, -0.1) is 0 Å². The molecule has 2 aliphatic rings. The van der Waals surface area contributed by atoms with Crippen LogP contribution >= 0.6 is 0 Å². The van der Waals surface area contributed by atoms with Gasteiger partial charge in [-0.05, 0) is 24.5 Å². The molecule has 3 unspecified atom stereocenters. The van der Waals surface area contributed by atoms with Gasteiger partial charge in [0.2, 0.25) is 0 Å². The minimum absolute atomic E-state index is 0.203. The SMILES string of the molecule is OC1CCOCC1CC1Cc2ccccc2O1. The van der Waals surface area contributed by atoms with Crippen LogP contribution in [0.1, 0.15) is 18.4 Å². The van der Waals surface area contributed by atoms with Crippen LogP contribution < -0.4 is 4.74 Å². The third-order valence-electron chi connectivity index (χ3n) is 3.71. The lowest BCUT2D eigenvalue weighted by Crippen LogP contribution is -2.35. The maximum atomic E-state index is 9.91. The zero-order chi connectivity index (χ0) is 11.7. The van der Waals surface area contributed by atoms with Crippen molar-refractivity contribution in [1.82, 2.24) is 0 Å². The Hall–Kier alpha value is -1.06. The third-order valence-corrected chi connectivity index (χ3v) is 3.71. The van der Waals surface area contributed by atoms with E-state index in [1.54, 1.807) is 0 Å². The molecule has 0 saturated carbocycles. The van der Waals surface area contributed by atoms with E-state index in [0.717, 1.165) is 25.0 Å². The van der Waals surface area contributed by atoms with Crippen molar-refractivity contribution in [2.75, 3.05) is 13.2 Å². The lowest BCUT2D eigenvalue weighted by molar-refractivity contribution is -0.0478. The summed E-state index contributed by atoms with van der Waals surface area (Å²) in [7, 11) is 0. The molecule has 0 radical (unpaired) electrons. The Morgan fingerprint density at radius 3 is 3.00 bits per heavy atom. The number of hydrogen-bond acceptors (Lipinski definition) is 3. The van der Waals surface area contributed by atoms with Crippen molar-refractivity contribution in [2.24, 2.45) is 5.92 Å². The van der Waals surface area contributed by atoms with Crippen molar-refractivity contribution in [2.45, 2.75) is 31.5 Å². The quantitative estimate of drug-likeness (QED) is 0.847. The molecular formula is C14H18O3. The van der Waals surface area contributed by atoms with Crippen LogP contribution in [0, 0.1) is 5.92 Å². The van der Waals surface area contributed by atoms with Crippen molar-refractivity contribution in [3.8, 4) is 5.75 Å². The summed E-state index contributed by atoms with van der Waals surface area (Å²) in [5.41, 5.74) is 1.28. The zero-order valence-corrected chi connectivity index (χ0v) is 9.84. The zero-order valence-electron chi connectivity index (χ0n) is 9.84. The number of aliphatic hydroxyl groups excluding tert-OH is 1. The summed E-state index contributed by atoms with van der Waals surface area (Å²) in [5, 5.41) is 9.91. The van der Waals surface area contributed by atoms with E-state index in [2.05, 4.69) is 6.07 Å². The summed E-state index contributed by atoms with van der Waals surface area (Å²) in [4.78, 5) is 0. The summed E-state index contributed by atoms with van der Waals surface area (Å²) in [6.07, 6.45) is 2.57. The Morgan fingerprint density at radius 1 is 1.29 bits per heavy atom. The van der Waals surface area contributed by atoms with Gasteiger partial charge in [-0.3, -0.25) is 0 Å². The highest BCUT2D eigenvalue weighted by molar-refractivity contribution is 5.37. The maximum absolute atomic E-state index is 9.91. The van der Waals surface area contributed by atoms with Gasteiger partial charge in [-0.25, -0.2) is 0 Å². The highest BCUT2D eigenvalue weighted by Gasteiger charge is 2.30. The van der Waals surface area contributed by atoms with E-state index >= 15 is 0 Å². The normalized spacial score (nSPS) is 31.9. The number of ether oxygens (including phenoxy) is 2. The molecule has 1 N–H and O–H groups in total. The lowest BCUT2D eigenvalue weighted by Gasteiger charge is -2.29. The predicted octanol–water partition coefficient (Wildman–Crippen LogP) is 1.78. The van der Waals surface area contributed by atoms with E-state index < -0.39 is 0 Å². The molecule has 0 bridgehead atoms. The fourth-order valence-corrected chi connectivity index (χ4v) is 2.73. The summed E-state index contributed by atoms with van der Waals surface area (Å²) in [5.74, 6) is 1.23. The molecule has 1 fully saturated rings. The molecular weight excluding hydrogens is 216 g/mol. The molecule has 1 saturated heterocycles. The fraction of sp³-hybridized carbons (Fsp3) is 0.571. The molecule has 1 aromatic carbocycles. The first kappa shape index (κ1) is 11.1. The van der Waals surface area contributed by atoms with Gasteiger partial charge in [0.05, 0.1) is 12.7 Å². The van der Waals surface area contributed by atoms with Crippen LogP contribution in [0.4, 0.5) is 0 Å². The number of aliphatic hydroxyl groups is 1. The monoisotopic (exact) mass is 234 g/mol. The van der Waals surface area contributed by atoms with Gasteiger partial charge < -0.3 is 14.6 Å². The summed E-state index contributed by atoms with van der Waals surface area (Å²) in [6, 6.07) is 8.18. The number of benzene rings is 1. The highest BCUT2D eigenvalue weighted by atomic mass is 16.5. The number of rotatable bonds is 2. The minimum atomic E-state index is -0.226. The Morgan fingerprint density at radius 2 is 2.18 bits per heavy atom. The Bertz CT molecular complexity index is 366. The van der Waals surface area contributed by atoms with Gasteiger partial charge in [0.25, 0.3) is 0 Å². The number of hydrogen-bond donors (Lipinski definition) is 1. The summed E-state index contributed by atoms with van der Waals surface area (Å²) in [6.45, 7) is 1.35. The van der Waals surface area contributed by atoms with E-state index in [9.17, 15) is 5.11 Å². The first-order chi connectivity index (χ1) is 8.33. The van der Waals surface area contributed by atoms with Crippen LogP contribution in [-0.2, 0) is 11.2 Å². The molecule has 17 heavy (non-hydrogen) atoms. The van der Waals surface area contributed by atoms with E-state index in [4.69, 9.17) is 9.47 Å². The van der Waals surface area contributed by atoms with E-state index in [1.807, 2.05) is 18.2 Å². The standard InChI is InChI=1S/C14H18O3/c15-13-5-6-16-9-11(13)8-12-7-10-3-1-2-4-14(10)17-12/h1-4,11-13,15H,5-9H2. The molecule has 1 aromatic rings. The van der Waals surface area contributed by atoms with Gasteiger partial charge in [-0.1, -0.05) is 18.2 Å². The first-order valence-electron chi connectivity index (χ1n) is 6.33. The van der Waals surface area contributed by atoms with Gasteiger partial charge >= 0.3 is 0 Å². The molecule has 92 valence electrons. The summed E-state index contributed by atoms with van der Waals surface area (Å²) < 4.78 is 11.3. The molecule has 0 amide bonds. The largest absolute Gasteiger partial charge is 0.490 e. The van der Waals surface area contributed by atoms with Crippen molar-refractivity contribution in [1.29, 1.82) is 0 Å². The molecule has 2 heterocycles. The second kappa shape index (κ2) is 4.67. The maximum Gasteiger partial charge on any atom is 0.123 e. The van der Waals surface area contributed by atoms with Crippen molar-refractivity contribution in [3.05, 3.63) is 29.8 Å². The van der Waals surface area contributed by atoms with Crippen LogP contribution in [0.25, 0.3) is 0 Å². The fourth-order valence-electron chi connectivity index (χ4n) is 2.73. The van der Waals surface area contributed by atoms with E-state index in [0.29, 0.717) is 13.2 Å². The minimum Gasteiger partial charge on any atom is -0.490 e. The molecule has 0 aliphatic carbocycles. The third kappa shape index (κ3) is 2.31. The second-order valence-electron chi connectivity index (χ2n) is 4.98. The molecule has 3 atom stereocenters.